The van der Waals surface area contributed by atoms with Crippen LogP contribution >= 0.6 is 0 Å². The second-order valence-corrected chi connectivity index (χ2v) is 16.7. The summed E-state index contributed by atoms with van der Waals surface area (Å²) < 4.78 is 0. The molecule has 6 aliphatic carbocycles. The molecule has 0 aromatic rings. The first-order chi connectivity index (χ1) is 14.1. The van der Waals surface area contributed by atoms with Crippen molar-refractivity contribution in [3.8, 4) is 0 Å². The van der Waals surface area contributed by atoms with E-state index < -0.39 is 8.07 Å². The normalized spacial score (nSPS) is 45.4. The Balaban J connectivity index is 0.000000963. The molecule has 0 saturated heterocycles. The van der Waals surface area contributed by atoms with Gasteiger partial charge in [0.2, 0.25) is 0 Å². The third kappa shape index (κ3) is 3.59. The number of halogens is 2. The van der Waals surface area contributed by atoms with E-state index in [2.05, 4.69) is 74.5 Å². The van der Waals surface area contributed by atoms with E-state index in [9.17, 15) is 0 Å². The molecule has 8 unspecified atom stereocenters. The Morgan fingerprint density at radius 3 is 1.50 bits per heavy atom. The number of hydrogen-bond donors (Lipinski definition) is 0. The molecule has 32 heavy (non-hydrogen) atoms. The summed E-state index contributed by atoms with van der Waals surface area (Å²) in [6.45, 7) is 5.71. The maximum atomic E-state index is 2.95. The molecule has 8 atom stereocenters. The number of allylic oxidation sites excluding steroid dienone is 8. The first-order valence-corrected chi connectivity index (χ1v) is 15.5. The van der Waals surface area contributed by atoms with Gasteiger partial charge in [-0.2, -0.15) is 10.1 Å². The van der Waals surface area contributed by atoms with Crippen molar-refractivity contribution in [3.05, 3.63) is 61.4 Å². The van der Waals surface area contributed by atoms with Gasteiger partial charge in [0.05, 0.1) is 0 Å². The van der Waals surface area contributed by atoms with E-state index in [-0.39, 0.29) is 51.0 Å². The topological polar surface area (TPSA) is 0 Å². The maximum Gasteiger partial charge on any atom is 4.00 e. The predicted molar refractivity (Wildman–Crippen MR) is 126 cm³/mol. The zero-order valence-electron chi connectivity index (χ0n) is 19.7. The van der Waals surface area contributed by atoms with Crippen LogP contribution in [0.25, 0.3) is 0 Å². The van der Waals surface area contributed by atoms with E-state index in [4.69, 9.17) is 0 Å². The molecule has 0 radical (unpaired) electrons. The van der Waals surface area contributed by atoms with Gasteiger partial charge < -0.3 is 37.7 Å². The standard InChI is InChI=1S/C28H38Si.2ClH.Zr/c1-29(2,27-17-9-7-15-25(27)23-13-5-3-11-21(23)19-27)28-18-10-8-16-26(28)24-14-6-4-12-22(24)20-28;;;/h3-6,11-14,19-26H,7-10,15-18H2,1-2H3;2*1H;/q-2;;;+4/p-2. The third-order valence-corrected chi connectivity index (χ3v) is 16.9. The van der Waals surface area contributed by atoms with Crippen LogP contribution in [0.1, 0.15) is 51.4 Å². The molecule has 0 aliphatic heterocycles. The first kappa shape index (κ1) is 27.2. The summed E-state index contributed by atoms with van der Waals surface area (Å²) >= 11 is 0. The van der Waals surface area contributed by atoms with Crippen LogP contribution in [0.5, 0.6) is 0 Å². The van der Waals surface area contributed by atoms with Gasteiger partial charge >= 0.3 is 26.2 Å². The summed E-state index contributed by atoms with van der Waals surface area (Å²) in [6, 6.07) is 0. The number of hydrogen-bond acceptors (Lipinski definition) is 0. The summed E-state index contributed by atoms with van der Waals surface area (Å²) in [4.78, 5) is 0. The fourth-order valence-corrected chi connectivity index (χ4v) is 15.7. The zero-order chi connectivity index (χ0) is 19.7. The van der Waals surface area contributed by atoms with Crippen LogP contribution in [0, 0.1) is 48.3 Å². The van der Waals surface area contributed by atoms with Crippen LogP contribution in [0.2, 0.25) is 23.2 Å². The smallest absolute Gasteiger partial charge is 1.00 e. The molecule has 172 valence electrons. The predicted octanol–water partition coefficient (Wildman–Crippen LogP) is 1.71. The number of rotatable bonds is 2. The molecular weight excluding hydrogens is 527 g/mol. The maximum absolute atomic E-state index is 2.95. The Morgan fingerprint density at radius 1 is 0.656 bits per heavy atom. The van der Waals surface area contributed by atoms with Crippen LogP contribution in [0.4, 0.5) is 0 Å². The molecule has 6 aliphatic rings. The van der Waals surface area contributed by atoms with Gasteiger partial charge in [-0.25, -0.2) is 0 Å². The fraction of sp³-hybridized carbons (Fsp3) is 0.643. The van der Waals surface area contributed by atoms with Gasteiger partial charge in [0.15, 0.2) is 0 Å². The fourth-order valence-electron chi connectivity index (χ4n) is 9.44. The molecule has 4 saturated carbocycles. The van der Waals surface area contributed by atoms with Gasteiger partial charge in [-0.05, 0) is 11.8 Å². The van der Waals surface area contributed by atoms with Gasteiger partial charge in [0.1, 0.15) is 0 Å². The van der Waals surface area contributed by atoms with Crippen LogP contribution in [0.15, 0.2) is 48.6 Å². The minimum absolute atomic E-state index is 0. The van der Waals surface area contributed by atoms with Crippen molar-refractivity contribution < 1.29 is 51.0 Å². The van der Waals surface area contributed by atoms with Gasteiger partial charge in [-0.15, -0.1) is 24.0 Å². The molecule has 0 N–H and O–H groups in total. The van der Waals surface area contributed by atoms with Gasteiger partial charge in [-0.1, -0.05) is 113 Å². The molecule has 4 fully saturated rings. The Labute approximate surface area is 229 Å². The zero-order valence-corrected chi connectivity index (χ0v) is 24.6. The van der Waals surface area contributed by atoms with Crippen LogP contribution in [-0.4, -0.2) is 8.07 Å². The van der Waals surface area contributed by atoms with E-state index in [0.717, 1.165) is 23.7 Å². The van der Waals surface area contributed by atoms with Crippen molar-refractivity contribution in [3.63, 3.8) is 0 Å². The van der Waals surface area contributed by atoms with E-state index >= 15 is 0 Å². The van der Waals surface area contributed by atoms with E-state index in [1.54, 1.807) is 0 Å². The minimum atomic E-state index is -1.63. The average molecular weight is 565 g/mol. The van der Waals surface area contributed by atoms with Crippen molar-refractivity contribution in [1.29, 1.82) is 0 Å². The molecule has 0 aromatic carbocycles. The molecule has 0 bridgehead atoms. The Morgan fingerprint density at radius 2 is 1.06 bits per heavy atom. The minimum Gasteiger partial charge on any atom is -1.00 e. The Bertz CT molecular complexity index is 737. The second-order valence-electron chi connectivity index (χ2n) is 11.6. The summed E-state index contributed by atoms with van der Waals surface area (Å²) in [5.41, 5.74) is 0. The van der Waals surface area contributed by atoms with Crippen LogP contribution in [-0.2, 0) is 26.2 Å². The van der Waals surface area contributed by atoms with E-state index in [1.807, 2.05) is 0 Å². The SMILES string of the molecule is C[Si](C)(C12[CH-]C3C=CC=CC3C1CCCC2)C12[CH-]C3C=CC=CC3C1CCCC2.[Cl-].[Cl-].[Zr+4]. The first-order valence-electron chi connectivity index (χ1n) is 12.5. The van der Waals surface area contributed by atoms with Gasteiger partial charge in [0, 0.05) is 8.07 Å². The molecule has 4 heteroatoms. The van der Waals surface area contributed by atoms with Gasteiger partial charge in [-0.3, -0.25) is 0 Å². The Kier molecular flexibility index (Phi) is 8.47. The quantitative estimate of drug-likeness (QED) is 0.354. The van der Waals surface area contributed by atoms with Crippen molar-refractivity contribution in [2.45, 2.75) is 74.5 Å². The molecular formula is C28H38Cl2SiZr. The summed E-state index contributed by atoms with van der Waals surface area (Å²) in [5.74, 6) is 4.79. The van der Waals surface area contributed by atoms with Crippen molar-refractivity contribution >= 4 is 8.07 Å². The Hall–Kier alpha value is 0.640. The van der Waals surface area contributed by atoms with Crippen molar-refractivity contribution in [1.82, 2.24) is 0 Å². The average Bonchev–Trinajstić information content (AvgIpc) is 3.29. The number of fused-ring (bicyclic) bond motifs is 6. The van der Waals surface area contributed by atoms with E-state index in [0.29, 0.717) is 21.9 Å². The third-order valence-electron chi connectivity index (χ3n) is 10.7. The van der Waals surface area contributed by atoms with Gasteiger partial charge in [0.25, 0.3) is 0 Å². The largest absolute Gasteiger partial charge is 4.00 e. The van der Waals surface area contributed by atoms with E-state index in [1.165, 1.54) is 51.4 Å². The summed E-state index contributed by atoms with van der Waals surface area (Å²) in [7, 11) is -1.63. The monoisotopic (exact) mass is 562 g/mol. The molecule has 0 nitrogen and oxygen atoms in total. The molecule has 0 heterocycles. The summed E-state index contributed by atoms with van der Waals surface area (Å²) in [5, 5.41) is 1.07. The molecule has 0 aromatic heterocycles. The summed E-state index contributed by atoms with van der Waals surface area (Å²) in [6.07, 6.45) is 37.3. The van der Waals surface area contributed by atoms with Crippen molar-refractivity contribution in [2.24, 2.45) is 35.5 Å². The second kappa shape index (κ2) is 9.95. The molecule has 0 spiro atoms. The van der Waals surface area contributed by atoms with Crippen LogP contribution < -0.4 is 24.8 Å². The van der Waals surface area contributed by atoms with Crippen LogP contribution in [0.3, 0.4) is 0 Å². The molecule has 6 rings (SSSR count). The van der Waals surface area contributed by atoms with Crippen molar-refractivity contribution in [2.75, 3.05) is 0 Å². The molecule has 0 amide bonds.